The Morgan fingerprint density at radius 2 is 1.91 bits per heavy atom. The predicted molar refractivity (Wildman–Crippen MR) is 91.3 cm³/mol. The van der Waals surface area contributed by atoms with Crippen molar-refractivity contribution >= 4 is 23.4 Å². The van der Waals surface area contributed by atoms with Crippen LogP contribution in [0.5, 0.6) is 0 Å². The van der Waals surface area contributed by atoms with Crippen molar-refractivity contribution in [3.05, 3.63) is 76.3 Å². The van der Waals surface area contributed by atoms with Gasteiger partial charge in [-0.1, -0.05) is 59.8 Å². The van der Waals surface area contributed by atoms with Crippen LogP contribution in [-0.4, -0.2) is 14.8 Å². The Hall–Kier alpha value is -1.85. The van der Waals surface area contributed by atoms with E-state index in [1.54, 1.807) is 17.8 Å². The van der Waals surface area contributed by atoms with Gasteiger partial charge in [0.2, 0.25) is 0 Å². The molecule has 0 aliphatic rings. The van der Waals surface area contributed by atoms with Crippen LogP contribution in [0.3, 0.4) is 0 Å². The molecule has 3 rings (SSSR count). The maximum atomic E-state index is 13.1. The summed E-state index contributed by atoms with van der Waals surface area (Å²) < 4.78 is 15.2. The summed E-state index contributed by atoms with van der Waals surface area (Å²) in [5.41, 5.74) is 2.07. The largest absolute Gasteiger partial charge is 0.302 e. The van der Waals surface area contributed by atoms with Gasteiger partial charge in [-0.3, -0.25) is 0 Å². The SMILES string of the molecule is Cc1nnc(SCc2ccc(F)cc2Cl)n1Cc1ccccc1. The van der Waals surface area contributed by atoms with Crippen molar-refractivity contribution in [1.82, 2.24) is 14.8 Å². The lowest BCUT2D eigenvalue weighted by molar-refractivity contribution is 0.627. The third-order valence-corrected chi connectivity index (χ3v) is 4.82. The van der Waals surface area contributed by atoms with E-state index in [4.69, 9.17) is 11.6 Å². The van der Waals surface area contributed by atoms with Crippen LogP contribution in [0.15, 0.2) is 53.7 Å². The molecule has 0 saturated carbocycles. The average molecular weight is 348 g/mol. The normalized spacial score (nSPS) is 10.9. The molecule has 1 aromatic heterocycles. The van der Waals surface area contributed by atoms with E-state index >= 15 is 0 Å². The summed E-state index contributed by atoms with van der Waals surface area (Å²) in [6, 6.07) is 14.6. The molecular formula is C17H15ClFN3S. The molecule has 0 N–H and O–H groups in total. The molecule has 3 nitrogen and oxygen atoms in total. The third kappa shape index (κ3) is 3.92. The highest BCUT2D eigenvalue weighted by Crippen LogP contribution is 2.27. The van der Waals surface area contributed by atoms with Crippen molar-refractivity contribution in [3.8, 4) is 0 Å². The molecule has 118 valence electrons. The maximum Gasteiger partial charge on any atom is 0.191 e. The second-order valence-electron chi connectivity index (χ2n) is 5.13. The lowest BCUT2D eigenvalue weighted by Gasteiger charge is -2.09. The minimum Gasteiger partial charge on any atom is -0.302 e. The van der Waals surface area contributed by atoms with Gasteiger partial charge in [0.25, 0.3) is 0 Å². The van der Waals surface area contributed by atoms with Gasteiger partial charge in [-0.15, -0.1) is 10.2 Å². The van der Waals surface area contributed by atoms with Gasteiger partial charge in [0.15, 0.2) is 5.16 Å². The Labute approximate surface area is 143 Å². The minimum absolute atomic E-state index is 0.327. The monoisotopic (exact) mass is 347 g/mol. The highest BCUT2D eigenvalue weighted by atomic mass is 35.5. The van der Waals surface area contributed by atoms with Gasteiger partial charge >= 0.3 is 0 Å². The molecule has 0 saturated heterocycles. The van der Waals surface area contributed by atoms with Gasteiger partial charge in [0.05, 0.1) is 6.54 Å². The van der Waals surface area contributed by atoms with Gasteiger partial charge in [-0.25, -0.2) is 4.39 Å². The van der Waals surface area contributed by atoms with Crippen LogP contribution in [-0.2, 0) is 12.3 Å². The Morgan fingerprint density at radius 3 is 2.65 bits per heavy atom. The van der Waals surface area contributed by atoms with Crippen LogP contribution in [0.25, 0.3) is 0 Å². The average Bonchev–Trinajstić information content (AvgIpc) is 2.88. The Kier molecular flexibility index (Phi) is 4.98. The van der Waals surface area contributed by atoms with Crippen molar-refractivity contribution in [1.29, 1.82) is 0 Å². The number of rotatable bonds is 5. The smallest absolute Gasteiger partial charge is 0.191 e. The highest BCUT2D eigenvalue weighted by Gasteiger charge is 2.11. The van der Waals surface area contributed by atoms with E-state index in [1.807, 2.05) is 25.1 Å². The van der Waals surface area contributed by atoms with Crippen LogP contribution in [0.4, 0.5) is 4.39 Å². The highest BCUT2D eigenvalue weighted by molar-refractivity contribution is 7.98. The Balaban J connectivity index is 1.76. The molecule has 23 heavy (non-hydrogen) atoms. The number of thioether (sulfide) groups is 1. The third-order valence-electron chi connectivity index (χ3n) is 3.46. The van der Waals surface area contributed by atoms with Crippen LogP contribution in [0.1, 0.15) is 17.0 Å². The van der Waals surface area contributed by atoms with Gasteiger partial charge in [0, 0.05) is 10.8 Å². The first-order valence-corrected chi connectivity index (χ1v) is 8.50. The van der Waals surface area contributed by atoms with Crippen molar-refractivity contribution in [3.63, 3.8) is 0 Å². The van der Waals surface area contributed by atoms with Crippen molar-refractivity contribution in [2.45, 2.75) is 24.4 Å². The van der Waals surface area contributed by atoms with E-state index in [2.05, 4.69) is 26.9 Å². The number of halogens is 2. The summed E-state index contributed by atoms with van der Waals surface area (Å²) in [6.45, 7) is 2.66. The van der Waals surface area contributed by atoms with E-state index in [0.29, 0.717) is 10.8 Å². The molecule has 0 radical (unpaired) electrons. The standard InChI is InChI=1S/C17H15ClFN3S/c1-12-20-21-17(22(12)10-13-5-3-2-4-6-13)23-11-14-7-8-15(19)9-16(14)18/h2-9H,10-11H2,1H3. The van der Waals surface area contributed by atoms with Gasteiger partial charge < -0.3 is 4.57 Å². The molecule has 0 amide bonds. The van der Waals surface area contributed by atoms with Gasteiger partial charge in [0.1, 0.15) is 11.6 Å². The molecule has 0 aliphatic carbocycles. The van der Waals surface area contributed by atoms with E-state index in [-0.39, 0.29) is 5.82 Å². The molecule has 0 atom stereocenters. The lowest BCUT2D eigenvalue weighted by Crippen LogP contribution is -2.03. The first-order valence-electron chi connectivity index (χ1n) is 7.14. The maximum absolute atomic E-state index is 13.1. The van der Waals surface area contributed by atoms with Gasteiger partial charge in [-0.05, 0) is 30.2 Å². The molecule has 0 fully saturated rings. The molecule has 3 aromatic rings. The van der Waals surface area contributed by atoms with Crippen LogP contribution >= 0.6 is 23.4 Å². The Morgan fingerprint density at radius 1 is 1.13 bits per heavy atom. The zero-order valence-corrected chi connectivity index (χ0v) is 14.1. The van der Waals surface area contributed by atoms with Gasteiger partial charge in [-0.2, -0.15) is 0 Å². The zero-order valence-electron chi connectivity index (χ0n) is 12.5. The fraction of sp³-hybridized carbons (Fsp3) is 0.176. The van der Waals surface area contributed by atoms with E-state index < -0.39 is 0 Å². The zero-order chi connectivity index (χ0) is 16.2. The first kappa shape index (κ1) is 16.0. The first-order chi connectivity index (χ1) is 11.1. The Bertz CT molecular complexity index is 805. The number of benzene rings is 2. The minimum atomic E-state index is -0.327. The molecular weight excluding hydrogens is 333 g/mol. The quantitative estimate of drug-likeness (QED) is 0.626. The summed E-state index contributed by atoms with van der Waals surface area (Å²) in [5, 5.41) is 9.65. The van der Waals surface area contributed by atoms with E-state index in [0.717, 1.165) is 23.1 Å². The topological polar surface area (TPSA) is 30.7 Å². The lowest BCUT2D eigenvalue weighted by atomic mass is 10.2. The number of nitrogens with zero attached hydrogens (tertiary/aromatic N) is 3. The number of aromatic nitrogens is 3. The van der Waals surface area contributed by atoms with Crippen molar-refractivity contribution < 1.29 is 4.39 Å². The van der Waals surface area contributed by atoms with Crippen LogP contribution in [0, 0.1) is 12.7 Å². The molecule has 0 unspecified atom stereocenters. The molecule has 0 bridgehead atoms. The summed E-state index contributed by atoms with van der Waals surface area (Å²) in [4.78, 5) is 0. The van der Waals surface area contributed by atoms with Crippen molar-refractivity contribution in [2.75, 3.05) is 0 Å². The van der Waals surface area contributed by atoms with Crippen molar-refractivity contribution in [2.24, 2.45) is 0 Å². The van der Waals surface area contributed by atoms with Crippen LogP contribution < -0.4 is 0 Å². The predicted octanol–water partition coefficient (Wildman–Crippen LogP) is 4.72. The number of hydrogen-bond donors (Lipinski definition) is 0. The fourth-order valence-electron chi connectivity index (χ4n) is 2.20. The summed E-state index contributed by atoms with van der Waals surface area (Å²) in [7, 11) is 0. The summed E-state index contributed by atoms with van der Waals surface area (Å²) >= 11 is 7.62. The molecule has 1 heterocycles. The molecule has 6 heteroatoms. The summed E-state index contributed by atoms with van der Waals surface area (Å²) in [5.74, 6) is 1.15. The second kappa shape index (κ2) is 7.15. The number of aryl methyl sites for hydroxylation is 1. The van der Waals surface area contributed by atoms with E-state index in [1.165, 1.54) is 17.7 Å². The fourth-order valence-corrected chi connectivity index (χ4v) is 3.50. The molecule has 0 spiro atoms. The summed E-state index contributed by atoms with van der Waals surface area (Å²) in [6.07, 6.45) is 0. The second-order valence-corrected chi connectivity index (χ2v) is 6.48. The number of hydrogen-bond acceptors (Lipinski definition) is 3. The molecule has 0 aliphatic heterocycles. The van der Waals surface area contributed by atoms with E-state index in [9.17, 15) is 4.39 Å². The molecule has 2 aromatic carbocycles. The van der Waals surface area contributed by atoms with Crippen LogP contribution in [0.2, 0.25) is 5.02 Å².